The van der Waals surface area contributed by atoms with Gasteiger partial charge in [0.2, 0.25) is 11.8 Å². The van der Waals surface area contributed by atoms with Crippen LogP contribution in [0.1, 0.15) is 32.3 Å². The first-order chi connectivity index (χ1) is 11.5. The molecular weight excluding hydrogens is 344 g/mol. The molecule has 1 heterocycles. The SMILES string of the molecule is CC(C)C(=O)N1CCC(NC(=O)CSCc2ccc(Cl)cc2)CC1. The van der Waals surface area contributed by atoms with Crippen molar-refractivity contribution in [2.75, 3.05) is 18.8 Å². The Hall–Kier alpha value is -1.20. The normalized spacial score (nSPS) is 15.6. The highest BCUT2D eigenvalue weighted by Gasteiger charge is 2.24. The van der Waals surface area contributed by atoms with Gasteiger partial charge in [0.25, 0.3) is 0 Å². The van der Waals surface area contributed by atoms with Crippen molar-refractivity contribution in [1.29, 1.82) is 0 Å². The lowest BCUT2D eigenvalue weighted by Gasteiger charge is -2.33. The fourth-order valence-corrected chi connectivity index (χ4v) is 3.65. The van der Waals surface area contributed by atoms with Crippen LogP contribution in [0.5, 0.6) is 0 Å². The molecule has 0 aromatic heterocycles. The van der Waals surface area contributed by atoms with E-state index in [0.717, 1.165) is 42.3 Å². The standard InChI is InChI=1S/C18H25ClN2O2S/c1-13(2)18(23)21-9-7-16(8-10-21)20-17(22)12-24-11-14-3-5-15(19)6-4-14/h3-6,13,16H,7-12H2,1-2H3,(H,20,22). The molecule has 2 amide bonds. The quantitative estimate of drug-likeness (QED) is 0.837. The Balaban J connectivity index is 1.64. The molecule has 1 saturated heterocycles. The summed E-state index contributed by atoms with van der Waals surface area (Å²) in [6.07, 6.45) is 1.68. The van der Waals surface area contributed by atoms with E-state index < -0.39 is 0 Å². The second-order valence-electron chi connectivity index (χ2n) is 6.44. The summed E-state index contributed by atoms with van der Waals surface area (Å²) in [5, 5.41) is 3.81. The number of nitrogens with zero attached hydrogens (tertiary/aromatic N) is 1. The van der Waals surface area contributed by atoms with E-state index in [9.17, 15) is 9.59 Å². The fourth-order valence-electron chi connectivity index (χ4n) is 2.72. The summed E-state index contributed by atoms with van der Waals surface area (Å²) < 4.78 is 0. The van der Waals surface area contributed by atoms with E-state index >= 15 is 0 Å². The van der Waals surface area contributed by atoms with E-state index in [1.807, 2.05) is 43.0 Å². The lowest BCUT2D eigenvalue weighted by molar-refractivity contribution is -0.135. The molecule has 0 bridgehead atoms. The maximum Gasteiger partial charge on any atom is 0.230 e. The number of piperidine rings is 1. The van der Waals surface area contributed by atoms with Crippen LogP contribution in [-0.2, 0) is 15.3 Å². The molecule has 0 radical (unpaired) electrons. The molecule has 0 atom stereocenters. The first-order valence-electron chi connectivity index (χ1n) is 8.36. The van der Waals surface area contributed by atoms with Crippen LogP contribution in [0.3, 0.4) is 0 Å². The molecule has 4 nitrogen and oxygen atoms in total. The van der Waals surface area contributed by atoms with Gasteiger partial charge in [-0.3, -0.25) is 9.59 Å². The lowest BCUT2D eigenvalue weighted by Crippen LogP contribution is -2.47. The van der Waals surface area contributed by atoms with Crippen LogP contribution in [0.25, 0.3) is 0 Å². The van der Waals surface area contributed by atoms with Crippen LogP contribution in [0.4, 0.5) is 0 Å². The van der Waals surface area contributed by atoms with Crippen molar-refractivity contribution >= 4 is 35.2 Å². The maximum atomic E-state index is 12.0. The first kappa shape index (κ1) is 19.1. The molecule has 1 aliphatic rings. The van der Waals surface area contributed by atoms with Gasteiger partial charge in [-0.15, -0.1) is 11.8 Å². The largest absolute Gasteiger partial charge is 0.353 e. The highest BCUT2D eigenvalue weighted by atomic mass is 35.5. The Kier molecular flexibility index (Phi) is 7.43. The number of benzene rings is 1. The maximum absolute atomic E-state index is 12.0. The third-order valence-electron chi connectivity index (χ3n) is 4.08. The van der Waals surface area contributed by atoms with E-state index in [4.69, 9.17) is 11.6 Å². The summed E-state index contributed by atoms with van der Waals surface area (Å²) in [5.41, 5.74) is 1.16. The number of amides is 2. The number of thioether (sulfide) groups is 1. The zero-order valence-electron chi connectivity index (χ0n) is 14.3. The van der Waals surface area contributed by atoms with Crippen LogP contribution in [-0.4, -0.2) is 41.6 Å². The Morgan fingerprint density at radius 2 is 1.88 bits per heavy atom. The van der Waals surface area contributed by atoms with Crippen LogP contribution >= 0.6 is 23.4 Å². The lowest BCUT2D eigenvalue weighted by atomic mass is 10.0. The van der Waals surface area contributed by atoms with Crippen molar-refractivity contribution in [2.24, 2.45) is 5.92 Å². The summed E-state index contributed by atoms with van der Waals surface area (Å²) >= 11 is 7.45. The Bertz CT molecular complexity index is 555. The van der Waals surface area contributed by atoms with Crippen molar-refractivity contribution in [2.45, 2.75) is 38.5 Å². The highest BCUT2D eigenvalue weighted by Crippen LogP contribution is 2.16. The number of hydrogen-bond acceptors (Lipinski definition) is 3. The van der Waals surface area contributed by atoms with Gasteiger partial charge in [0, 0.05) is 35.8 Å². The van der Waals surface area contributed by atoms with Gasteiger partial charge in [-0.2, -0.15) is 0 Å². The molecular formula is C18H25ClN2O2S. The van der Waals surface area contributed by atoms with E-state index in [1.165, 1.54) is 0 Å². The number of carbonyl (C=O) groups excluding carboxylic acids is 2. The molecule has 1 aliphatic heterocycles. The average Bonchev–Trinajstić information content (AvgIpc) is 2.56. The number of likely N-dealkylation sites (tertiary alicyclic amines) is 1. The molecule has 1 aromatic rings. The topological polar surface area (TPSA) is 49.4 Å². The third kappa shape index (κ3) is 6.02. The van der Waals surface area contributed by atoms with Crippen molar-refractivity contribution < 1.29 is 9.59 Å². The van der Waals surface area contributed by atoms with Crippen molar-refractivity contribution in [1.82, 2.24) is 10.2 Å². The van der Waals surface area contributed by atoms with E-state index in [0.29, 0.717) is 5.75 Å². The van der Waals surface area contributed by atoms with Crippen LogP contribution in [0.15, 0.2) is 24.3 Å². The minimum atomic E-state index is 0.0420. The minimum absolute atomic E-state index is 0.0420. The van der Waals surface area contributed by atoms with E-state index in [1.54, 1.807) is 11.8 Å². The van der Waals surface area contributed by atoms with Crippen LogP contribution in [0, 0.1) is 5.92 Å². The summed E-state index contributed by atoms with van der Waals surface area (Å²) in [4.78, 5) is 25.9. The van der Waals surface area contributed by atoms with Gasteiger partial charge in [-0.1, -0.05) is 37.6 Å². The number of nitrogens with one attached hydrogen (secondary N) is 1. The monoisotopic (exact) mass is 368 g/mol. The molecule has 1 fully saturated rings. The Morgan fingerprint density at radius 1 is 1.25 bits per heavy atom. The highest BCUT2D eigenvalue weighted by molar-refractivity contribution is 7.99. The van der Waals surface area contributed by atoms with E-state index in [2.05, 4.69) is 5.32 Å². The summed E-state index contributed by atoms with van der Waals surface area (Å²) in [6.45, 7) is 5.32. The number of hydrogen-bond donors (Lipinski definition) is 1. The second-order valence-corrected chi connectivity index (χ2v) is 7.86. The molecule has 132 valence electrons. The molecule has 6 heteroatoms. The van der Waals surface area contributed by atoms with E-state index in [-0.39, 0.29) is 23.8 Å². The summed E-state index contributed by atoms with van der Waals surface area (Å²) in [6, 6.07) is 7.88. The molecule has 0 aliphatic carbocycles. The first-order valence-corrected chi connectivity index (χ1v) is 9.89. The minimum Gasteiger partial charge on any atom is -0.353 e. The van der Waals surface area contributed by atoms with Gasteiger partial charge in [-0.25, -0.2) is 0 Å². The molecule has 0 unspecified atom stereocenters. The van der Waals surface area contributed by atoms with Crippen LogP contribution < -0.4 is 5.32 Å². The Labute approximate surface area is 153 Å². The van der Waals surface area contributed by atoms with Gasteiger partial charge in [0.1, 0.15) is 0 Å². The molecule has 0 spiro atoms. The van der Waals surface area contributed by atoms with Crippen LogP contribution in [0.2, 0.25) is 5.02 Å². The van der Waals surface area contributed by atoms with Gasteiger partial charge < -0.3 is 10.2 Å². The Morgan fingerprint density at radius 3 is 2.46 bits per heavy atom. The molecule has 24 heavy (non-hydrogen) atoms. The molecule has 1 N–H and O–H groups in total. The zero-order chi connectivity index (χ0) is 17.5. The second kappa shape index (κ2) is 9.33. The van der Waals surface area contributed by atoms with Gasteiger partial charge >= 0.3 is 0 Å². The summed E-state index contributed by atoms with van der Waals surface area (Å²) in [5.74, 6) is 1.57. The van der Waals surface area contributed by atoms with Gasteiger partial charge in [0.05, 0.1) is 5.75 Å². The summed E-state index contributed by atoms with van der Waals surface area (Å²) in [7, 11) is 0. The van der Waals surface area contributed by atoms with Gasteiger partial charge in [0.15, 0.2) is 0 Å². The smallest absolute Gasteiger partial charge is 0.230 e. The number of carbonyl (C=O) groups is 2. The zero-order valence-corrected chi connectivity index (χ0v) is 15.8. The average molecular weight is 369 g/mol. The van der Waals surface area contributed by atoms with Crippen molar-refractivity contribution in [3.8, 4) is 0 Å². The molecule has 0 saturated carbocycles. The number of rotatable bonds is 6. The fraction of sp³-hybridized carbons (Fsp3) is 0.556. The molecule has 2 rings (SSSR count). The van der Waals surface area contributed by atoms with Gasteiger partial charge in [-0.05, 0) is 30.5 Å². The third-order valence-corrected chi connectivity index (χ3v) is 5.34. The van der Waals surface area contributed by atoms with Crippen molar-refractivity contribution in [3.63, 3.8) is 0 Å². The number of halogens is 1. The molecule has 1 aromatic carbocycles. The predicted octanol–water partition coefficient (Wildman–Crippen LogP) is 3.34. The van der Waals surface area contributed by atoms with Crippen molar-refractivity contribution in [3.05, 3.63) is 34.9 Å². The predicted molar refractivity (Wildman–Crippen MR) is 100 cm³/mol.